The Kier molecular flexibility index (Phi) is 4.80. The maximum Gasteiger partial charge on any atom is 0.159 e. The van der Waals surface area contributed by atoms with Gasteiger partial charge in [-0.15, -0.1) is 0 Å². The molecule has 0 heterocycles. The van der Waals surface area contributed by atoms with E-state index in [1.807, 2.05) is 19.1 Å². The first-order valence-electron chi connectivity index (χ1n) is 5.26. The highest BCUT2D eigenvalue weighted by Gasteiger charge is 2.01. The maximum atomic E-state index is 11.2. The molecule has 1 aromatic rings. The van der Waals surface area contributed by atoms with Gasteiger partial charge in [-0.05, 0) is 37.1 Å². The van der Waals surface area contributed by atoms with Crippen molar-refractivity contribution >= 4 is 5.78 Å². The fourth-order valence-corrected chi connectivity index (χ4v) is 1.33. The van der Waals surface area contributed by atoms with Gasteiger partial charge in [0.25, 0.3) is 0 Å². The van der Waals surface area contributed by atoms with Crippen molar-refractivity contribution in [1.29, 1.82) is 0 Å². The highest BCUT2D eigenvalue weighted by Crippen LogP contribution is 2.10. The van der Waals surface area contributed by atoms with Crippen LogP contribution in [-0.4, -0.2) is 12.3 Å². The Morgan fingerprint density at radius 1 is 1.53 bits per heavy atom. The summed E-state index contributed by atoms with van der Waals surface area (Å²) in [6.07, 6.45) is 0.540. The first-order chi connectivity index (χ1) is 8.15. The number of rotatable bonds is 3. The monoisotopic (exact) mass is 227 g/mol. The molecule has 0 bridgehead atoms. The molecule has 0 saturated heterocycles. The van der Waals surface area contributed by atoms with Gasteiger partial charge < -0.3 is 0 Å². The van der Waals surface area contributed by atoms with Crippen molar-refractivity contribution in [2.24, 2.45) is 5.11 Å². The zero-order valence-electron chi connectivity index (χ0n) is 9.90. The molecule has 0 aromatic heterocycles. The van der Waals surface area contributed by atoms with Crippen LogP contribution in [0.15, 0.2) is 23.3 Å². The zero-order valence-corrected chi connectivity index (χ0v) is 9.90. The molecule has 1 rings (SSSR count). The van der Waals surface area contributed by atoms with Crippen LogP contribution < -0.4 is 0 Å². The van der Waals surface area contributed by atoms with E-state index in [2.05, 4.69) is 21.9 Å². The molecule has 0 aliphatic rings. The minimum Gasteiger partial charge on any atom is -0.295 e. The van der Waals surface area contributed by atoms with Gasteiger partial charge in [-0.1, -0.05) is 23.0 Å². The molecule has 0 unspecified atom stereocenters. The lowest BCUT2D eigenvalue weighted by atomic mass is 10.0. The van der Waals surface area contributed by atoms with Crippen LogP contribution >= 0.6 is 0 Å². The van der Waals surface area contributed by atoms with E-state index in [4.69, 9.17) is 5.53 Å². The smallest absolute Gasteiger partial charge is 0.159 e. The summed E-state index contributed by atoms with van der Waals surface area (Å²) in [6, 6.07) is 5.44. The minimum absolute atomic E-state index is 0.0518. The predicted octanol–water partition coefficient (Wildman–Crippen LogP) is 3.25. The molecule has 0 aliphatic heterocycles. The molecule has 4 nitrogen and oxygen atoms in total. The van der Waals surface area contributed by atoms with Crippen molar-refractivity contribution in [1.82, 2.24) is 0 Å². The number of aryl methyl sites for hydroxylation is 1. The summed E-state index contributed by atoms with van der Waals surface area (Å²) < 4.78 is 0. The summed E-state index contributed by atoms with van der Waals surface area (Å²) in [4.78, 5) is 13.8. The van der Waals surface area contributed by atoms with E-state index in [0.717, 1.165) is 11.1 Å². The van der Waals surface area contributed by atoms with E-state index in [9.17, 15) is 4.79 Å². The normalized spacial score (nSPS) is 8.82. The summed E-state index contributed by atoms with van der Waals surface area (Å²) >= 11 is 0. The molecule has 4 heteroatoms. The molecule has 17 heavy (non-hydrogen) atoms. The molecule has 0 amide bonds. The van der Waals surface area contributed by atoms with Crippen LogP contribution in [0.3, 0.4) is 0 Å². The Hall–Kier alpha value is -2.24. The number of Topliss-reactive ketones (excluding diaryl/α,β-unsaturated/α-hetero) is 1. The number of azide groups is 1. The number of ketones is 1. The Labute approximate surface area is 100 Å². The summed E-state index contributed by atoms with van der Waals surface area (Å²) in [5, 5.41) is 3.40. The molecule has 0 atom stereocenters. The molecule has 0 N–H and O–H groups in total. The van der Waals surface area contributed by atoms with Crippen molar-refractivity contribution in [2.75, 3.05) is 6.54 Å². The summed E-state index contributed by atoms with van der Waals surface area (Å²) in [5.74, 6) is 5.97. The second-order valence-electron chi connectivity index (χ2n) is 3.59. The van der Waals surface area contributed by atoms with Gasteiger partial charge in [0, 0.05) is 29.0 Å². The maximum absolute atomic E-state index is 11.2. The zero-order chi connectivity index (χ0) is 12.7. The van der Waals surface area contributed by atoms with Crippen LogP contribution in [0, 0.1) is 18.8 Å². The second-order valence-corrected chi connectivity index (χ2v) is 3.59. The highest BCUT2D eigenvalue weighted by atomic mass is 16.1. The molecule has 0 fully saturated rings. The Morgan fingerprint density at radius 3 is 2.88 bits per heavy atom. The van der Waals surface area contributed by atoms with Gasteiger partial charge in [-0.2, -0.15) is 0 Å². The molecule has 0 spiro atoms. The molecule has 0 aliphatic carbocycles. The van der Waals surface area contributed by atoms with Crippen LogP contribution in [-0.2, 0) is 0 Å². The molecule has 0 radical (unpaired) electrons. The number of hydrogen-bond acceptors (Lipinski definition) is 2. The summed E-state index contributed by atoms with van der Waals surface area (Å²) in [5.41, 5.74) is 10.7. The Balaban J connectivity index is 2.78. The van der Waals surface area contributed by atoms with E-state index in [1.165, 1.54) is 0 Å². The molecule has 86 valence electrons. The van der Waals surface area contributed by atoms with Crippen LogP contribution in [0.1, 0.15) is 34.8 Å². The third kappa shape index (κ3) is 4.02. The fourth-order valence-electron chi connectivity index (χ4n) is 1.33. The van der Waals surface area contributed by atoms with Gasteiger partial charge >= 0.3 is 0 Å². The van der Waals surface area contributed by atoms with Gasteiger partial charge in [0.15, 0.2) is 5.78 Å². The predicted molar refractivity (Wildman–Crippen MR) is 66.7 cm³/mol. The lowest BCUT2D eigenvalue weighted by Gasteiger charge is -2.00. The van der Waals surface area contributed by atoms with E-state index in [0.29, 0.717) is 18.5 Å². The van der Waals surface area contributed by atoms with Crippen molar-refractivity contribution < 1.29 is 4.79 Å². The van der Waals surface area contributed by atoms with Gasteiger partial charge in [-0.25, -0.2) is 0 Å². The number of nitrogens with zero attached hydrogens (tertiary/aromatic N) is 3. The lowest BCUT2D eigenvalue weighted by molar-refractivity contribution is 0.101. The minimum atomic E-state index is 0.0518. The number of carbonyl (C=O) groups excluding carboxylic acids is 1. The first-order valence-corrected chi connectivity index (χ1v) is 5.26. The molecule has 1 aromatic carbocycles. The van der Waals surface area contributed by atoms with Gasteiger partial charge in [0.05, 0.1) is 0 Å². The average Bonchev–Trinajstić information content (AvgIpc) is 2.30. The summed E-state index contributed by atoms with van der Waals surface area (Å²) in [6.45, 7) is 3.85. The number of benzene rings is 1. The molecule has 0 saturated carbocycles. The highest BCUT2D eigenvalue weighted by molar-refractivity contribution is 5.94. The van der Waals surface area contributed by atoms with Crippen LogP contribution in [0.4, 0.5) is 0 Å². The summed E-state index contributed by atoms with van der Waals surface area (Å²) in [7, 11) is 0. The van der Waals surface area contributed by atoms with E-state index >= 15 is 0 Å². The van der Waals surface area contributed by atoms with Crippen LogP contribution in [0.5, 0.6) is 0 Å². The largest absolute Gasteiger partial charge is 0.295 e. The van der Waals surface area contributed by atoms with Crippen molar-refractivity contribution in [2.45, 2.75) is 20.3 Å². The Morgan fingerprint density at radius 2 is 2.29 bits per heavy atom. The van der Waals surface area contributed by atoms with Gasteiger partial charge in [0.1, 0.15) is 0 Å². The first kappa shape index (κ1) is 12.8. The molecular formula is C13H13N3O. The van der Waals surface area contributed by atoms with Crippen molar-refractivity contribution in [3.05, 3.63) is 45.3 Å². The van der Waals surface area contributed by atoms with Crippen molar-refractivity contribution in [3.8, 4) is 11.8 Å². The topological polar surface area (TPSA) is 65.8 Å². The number of hydrogen-bond donors (Lipinski definition) is 0. The van der Waals surface area contributed by atoms with E-state index < -0.39 is 0 Å². The lowest BCUT2D eigenvalue weighted by Crippen LogP contribution is -1.93. The van der Waals surface area contributed by atoms with Crippen LogP contribution in [0.25, 0.3) is 10.4 Å². The Bertz CT molecular complexity index is 531. The van der Waals surface area contributed by atoms with Gasteiger partial charge in [0.2, 0.25) is 0 Å². The van der Waals surface area contributed by atoms with E-state index in [-0.39, 0.29) is 5.78 Å². The average molecular weight is 227 g/mol. The second kappa shape index (κ2) is 6.37. The SMILES string of the molecule is CC(=O)c1ccc(C#CCCN=[N+]=[N-])c(C)c1. The van der Waals surface area contributed by atoms with Crippen molar-refractivity contribution in [3.63, 3.8) is 0 Å². The van der Waals surface area contributed by atoms with Crippen LogP contribution in [0.2, 0.25) is 0 Å². The van der Waals surface area contributed by atoms with Gasteiger partial charge in [-0.3, -0.25) is 4.79 Å². The third-order valence-corrected chi connectivity index (χ3v) is 2.26. The molecular weight excluding hydrogens is 214 g/mol. The fraction of sp³-hybridized carbons (Fsp3) is 0.308. The quantitative estimate of drug-likeness (QED) is 0.195. The van der Waals surface area contributed by atoms with E-state index in [1.54, 1.807) is 13.0 Å². The number of carbonyl (C=O) groups is 1. The standard InChI is InChI=1S/C13H13N3O/c1-10-9-13(11(2)17)7-6-12(10)5-3-4-8-15-16-14/h6-7,9H,4,8H2,1-2H3. The third-order valence-electron chi connectivity index (χ3n) is 2.26.